The topological polar surface area (TPSA) is 49.6 Å². The highest BCUT2D eigenvalue weighted by atomic mass is 16.2. The summed E-state index contributed by atoms with van der Waals surface area (Å²) in [5, 5.41) is 0. The molecule has 1 heterocycles. The van der Waals surface area contributed by atoms with Gasteiger partial charge in [0, 0.05) is 29.0 Å². The number of nitrogens with two attached hydrogens (primary N) is 1. The van der Waals surface area contributed by atoms with E-state index in [9.17, 15) is 4.79 Å². The van der Waals surface area contributed by atoms with Crippen LogP contribution in [0.4, 0.5) is 11.4 Å². The Hall–Kier alpha value is -2.33. The Morgan fingerprint density at radius 3 is 2.43 bits per heavy atom. The monoisotopic (exact) mass is 309 g/mol. The van der Waals surface area contributed by atoms with Crippen LogP contribution in [0.1, 0.15) is 35.3 Å². The molecular formula is C19H23N3O. The van der Waals surface area contributed by atoms with E-state index in [1.807, 2.05) is 23.1 Å². The van der Waals surface area contributed by atoms with Crippen molar-refractivity contribution in [1.29, 1.82) is 0 Å². The molecule has 0 saturated carbocycles. The predicted molar refractivity (Wildman–Crippen MR) is 94.6 cm³/mol. The average molecular weight is 309 g/mol. The van der Waals surface area contributed by atoms with Gasteiger partial charge in [-0.05, 0) is 63.3 Å². The Balaban J connectivity index is 2.03. The van der Waals surface area contributed by atoms with Gasteiger partial charge in [-0.2, -0.15) is 0 Å². The van der Waals surface area contributed by atoms with Gasteiger partial charge in [-0.25, -0.2) is 0 Å². The molecule has 4 nitrogen and oxygen atoms in total. The molecule has 0 aromatic heterocycles. The average Bonchev–Trinajstić information content (AvgIpc) is 2.54. The van der Waals surface area contributed by atoms with Crippen LogP contribution in [-0.2, 0) is 0 Å². The molecule has 1 amide bonds. The van der Waals surface area contributed by atoms with Crippen LogP contribution in [0.15, 0.2) is 48.5 Å². The van der Waals surface area contributed by atoms with E-state index < -0.39 is 0 Å². The van der Waals surface area contributed by atoms with Crippen LogP contribution in [0.25, 0.3) is 0 Å². The summed E-state index contributed by atoms with van der Waals surface area (Å²) < 4.78 is 0. The van der Waals surface area contributed by atoms with E-state index in [4.69, 9.17) is 5.73 Å². The van der Waals surface area contributed by atoms with E-state index in [1.54, 1.807) is 24.3 Å². The van der Waals surface area contributed by atoms with Gasteiger partial charge in [-0.3, -0.25) is 4.79 Å². The number of carbonyl (C=O) groups is 1. The van der Waals surface area contributed by atoms with Crippen LogP contribution in [0, 0.1) is 0 Å². The molecule has 23 heavy (non-hydrogen) atoms. The first kappa shape index (κ1) is 15.6. The van der Waals surface area contributed by atoms with E-state index in [-0.39, 0.29) is 11.9 Å². The van der Waals surface area contributed by atoms with Crippen molar-refractivity contribution in [3.63, 3.8) is 0 Å². The molecule has 1 aliphatic heterocycles. The molecular weight excluding hydrogens is 286 g/mol. The molecule has 0 aliphatic carbocycles. The Kier molecular flexibility index (Phi) is 4.09. The summed E-state index contributed by atoms with van der Waals surface area (Å²) in [5.74, 6) is 0.0298. The number of hydrogen-bond acceptors (Lipinski definition) is 3. The molecule has 0 spiro atoms. The van der Waals surface area contributed by atoms with Gasteiger partial charge in [0.25, 0.3) is 5.91 Å². The molecule has 2 aromatic rings. The molecule has 4 heteroatoms. The number of para-hydroxylation sites is 1. The number of carbonyl (C=O) groups excluding carboxylic acids is 1. The lowest BCUT2D eigenvalue weighted by Crippen LogP contribution is -2.45. The minimum atomic E-state index is 0.0298. The second-order valence-corrected chi connectivity index (χ2v) is 6.42. The van der Waals surface area contributed by atoms with E-state index in [1.165, 1.54) is 5.56 Å². The van der Waals surface area contributed by atoms with Crippen molar-refractivity contribution >= 4 is 17.3 Å². The van der Waals surface area contributed by atoms with Gasteiger partial charge < -0.3 is 15.5 Å². The van der Waals surface area contributed by atoms with Crippen molar-refractivity contribution in [3.05, 3.63) is 59.7 Å². The third kappa shape index (κ3) is 2.82. The van der Waals surface area contributed by atoms with E-state index >= 15 is 0 Å². The van der Waals surface area contributed by atoms with Crippen LogP contribution in [0.2, 0.25) is 0 Å². The van der Waals surface area contributed by atoms with Gasteiger partial charge in [0.05, 0.1) is 0 Å². The normalized spacial score (nSPS) is 20.4. The number of amides is 1. The largest absolute Gasteiger partial charge is 0.399 e. The first-order valence-electron chi connectivity index (χ1n) is 7.93. The van der Waals surface area contributed by atoms with Crippen molar-refractivity contribution in [2.45, 2.75) is 25.4 Å². The summed E-state index contributed by atoms with van der Waals surface area (Å²) in [6, 6.07) is 15.8. The lowest BCUT2D eigenvalue weighted by atomic mass is 9.90. The molecule has 2 unspecified atom stereocenters. The van der Waals surface area contributed by atoms with E-state index in [0.29, 0.717) is 17.3 Å². The SMILES string of the molecule is CC1CC(N(C)C)c2ccccc2N1C(=O)c1ccc(N)cc1. The molecule has 3 rings (SSSR count). The Morgan fingerprint density at radius 2 is 1.78 bits per heavy atom. The number of rotatable bonds is 2. The first-order valence-corrected chi connectivity index (χ1v) is 7.93. The molecule has 2 atom stereocenters. The molecule has 2 N–H and O–H groups in total. The Bertz CT molecular complexity index is 709. The van der Waals surface area contributed by atoms with Crippen LogP contribution >= 0.6 is 0 Å². The molecule has 0 radical (unpaired) electrons. The summed E-state index contributed by atoms with van der Waals surface area (Å²) in [6.45, 7) is 2.11. The fourth-order valence-electron chi connectivity index (χ4n) is 3.34. The highest BCUT2D eigenvalue weighted by Crippen LogP contribution is 2.39. The Morgan fingerprint density at radius 1 is 1.13 bits per heavy atom. The number of fused-ring (bicyclic) bond motifs is 1. The zero-order chi connectivity index (χ0) is 16.6. The number of benzene rings is 2. The highest BCUT2D eigenvalue weighted by molar-refractivity contribution is 6.07. The maximum Gasteiger partial charge on any atom is 0.258 e. The van der Waals surface area contributed by atoms with Crippen LogP contribution in [0.3, 0.4) is 0 Å². The zero-order valence-electron chi connectivity index (χ0n) is 13.9. The second kappa shape index (κ2) is 6.05. The fraction of sp³-hybridized carbons (Fsp3) is 0.316. The van der Waals surface area contributed by atoms with Gasteiger partial charge in [0.2, 0.25) is 0 Å². The predicted octanol–water partition coefficient (Wildman–Crippen LogP) is 3.31. The summed E-state index contributed by atoms with van der Waals surface area (Å²) in [4.78, 5) is 17.2. The van der Waals surface area contributed by atoms with E-state index in [0.717, 1.165) is 12.1 Å². The van der Waals surface area contributed by atoms with Crippen molar-refractivity contribution in [2.75, 3.05) is 24.7 Å². The number of nitrogens with zero attached hydrogens (tertiary/aromatic N) is 2. The van der Waals surface area contributed by atoms with Crippen molar-refractivity contribution in [3.8, 4) is 0 Å². The molecule has 1 aliphatic rings. The van der Waals surface area contributed by atoms with Crippen molar-refractivity contribution < 1.29 is 4.79 Å². The molecule has 2 aromatic carbocycles. The Labute approximate surface area is 137 Å². The minimum absolute atomic E-state index is 0.0298. The smallest absolute Gasteiger partial charge is 0.258 e. The highest BCUT2D eigenvalue weighted by Gasteiger charge is 2.34. The maximum atomic E-state index is 13.0. The van der Waals surface area contributed by atoms with Gasteiger partial charge in [-0.15, -0.1) is 0 Å². The van der Waals surface area contributed by atoms with Crippen LogP contribution in [-0.4, -0.2) is 30.9 Å². The minimum Gasteiger partial charge on any atom is -0.399 e. The van der Waals surface area contributed by atoms with Gasteiger partial charge in [0.1, 0.15) is 0 Å². The third-order valence-corrected chi connectivity index (χ3v) is 4.56. The van der Waals surface area contributed by atoms with Gasteiger partial charge in [-0.1, -0.05) is 18.2 Å². The number of nitrogen functional groups attached to an aromatic ring is 1. The summed E-state index contributed by atoms with van der Waals surface area (Å²) in [6.07, 6.45) is 0.921. The zero-order valence-corrected chi connectivity index (χ0v) is 13.9. The van der Waals surface area contributed by atoms with Crippen molar-refractivity contribution in [2.24, 2.45) is 0 Å². The van der Waals surface area contributed by atoms with Gasteiger partial charge >= 0.3 is 0 Å². The standard InChI is InChI=1S/C19H23N3O/c1-13-12-18(21(2)3)16-6-4-5-7-17(16)22(13)19(23)14-8-10-15(20)11-9-14/h4-11,13,18H,12,20H2,1-3H3. The number of hydrogen-bond donors (Lipinski definition) is 1. The lowest BCUT2D eigenvalue weighted by Gasteiger charge is -2.41. The van der Waals surface area contributed by atoms with Gasteiger partial charge in [0.15, 0.2) is 0 Å². The molecule has 0 fully saturated rings. The van der Waals surface area contributed by atoms with Crippen LogP contribution < -0.4 is 10.6 Å². The number of anilines is 2. The summed E-state index contributed by atoms with van der Waals surface area (Å²) in [5.41, 5.74) is 9.28. The van der Waals surface area contributed by atoms with E-state index in [2.05, 4.69) is 32.0 Å². The summed E-state index contributed by atoms with van der Waals surface area (Å²) in [7, 11) is 4.18. The quantitative estimate of drug-likeness (QED) is 0.866. The van der Waals surface area contributed by atoms with Crippen LogP contribution in [0.5, 0.6) is 0 Å². The first-order chi connectivity index (χ1) is 11.0. The fourth-order valence-corrected chi connectivity index (χ4v) is 3.34. The molecule has 0 saturated heterocycles. The molecule has 0 bridgehead atoms. The molecule has 120 valence electrons. The van der Waals surface area contributed by atoms with Crippen molar-refractivity contribution in [1.82, 2.24) is 4.90 Å². The third-order valence-electron chi connectivity index (χ3n) is 4.56. The lowest BCUT2D eigenvalue weighted by molar-refractivity contribution is 0.0967. The second-order valence-electron chi connectivity index (χ2n) is 6.42. The maximum absolute atomic E-state index is 13.0. The summed E-state index contributed by atoms with van der Waals surface area (Å²) >= 11 is 0.